The van der Waals surface area contributed by atoms with Gasteiger partial charge in [0.1, 0.15) is 6.04 Å². The van der Waals surface area contributed by atoms with Crippen molar-refractivity contribution < 1.29 is 9.53 Å². The average molecular weight is 199 g/mol. The molecular formula is C11H21NO2. The molecule has 1 aliphatic rings. The summed E-state index contributed by atoms with van der Waals surface area (Å²) in [6, 6.07) is -0.129. The minimum atomic E-state index is -0.129. The Hall–Kier alpha value is -0.570. The summed E-state index contributed by atoms with van der Waals surface area (Å²) in [5.41, 5.74) is 0. The van der Waals surface area contributed by atoms with Gasteiger partial charge in [0, 0.05) is 0 Å². The monoisotopic (exact) mass is 199 g/mol. The van der Waals surface area contributed by atoms with Crippen molar-refractivity contribution in [2.24, 2.45) is 11.8 Å². The van der Waals surface area contributed by atoms with E-state index in [2.05, 4.69) is 5.32 Å². The van der Waals surface area contributed by atoms with Crippen molar-refractivity contribution in [3.05, 3.63) is 0 Å². The van der Waals surface area contributed by atoms with E-state index in [4.69, 9.17) is 4.74 Å². The Kier molecular flexibility index (Phi) is 4.39. The molecule has 1 atom stereocenters. The standard InChI is InChI=1S/C11H21NO2/c1-4-14-11(13)10(8(2)3)12-7-9-5-6-9/h8-10,12H,4-7H2,1-3H3. The predicted octanol–water partition coefficient (Wildman–Crippen LogP) is 1.57. The van der Waals surface area contributed by atoms with E-state index in [9.17, 15) is 4.79 Å². The van der Waals surface area contributed by atoms with E-state index in [1.807, 2.05) is 20.8 Å². The first-order valence-corrected chi connectivity index (χ1v) is 5.55. The van der Waals surface area contributed by atoms with Crippen LogP contribution >= 0.6 is 0 Å². The Bertz CT molecular complexity index is 188. The molecule has 0 spiro atoms. The van der Waals surface area contributed by atoms with Crippen molar-refractivity contribution in [1.29, 1.82) is 0 Å². The van der Waals surface area contributed by atoms with Gasteiger partial charge in [-0.25, -0.2) is 0 Å². The third-order valence-corrected chi connectivity index (χ3v) is 2.53. The lowest BCUT2D eigenvalue weighted by molar-refractivity contribution is -0.146. The van der Waals surface area contributed by atoms with Crippen molar-refractivity contribution in [2.45, 2.75) is 39.7 Å². The van der Waals surface area contributed by atoms with Crippen LogP contribution in [0.1, 0.15) is 33.6 Å². The van der Waals surface area contributed by atoms with Crippen LogP contribution in [0.15, 0.2) is 0 Å². The Balaban J connectivity index is 2.32. The SMILES string of the molecule is CCOC(=O)C(NCC1CC1)C(C)C. The van der Waals surface area contributed by atoms with Gasteiger partial charge in [0.05, 0.1) is 6.61 Å². The lowest BCUT2D eigenvalue weighted by Gasteiger charge is -2.20. The molecule has 1 fully saturated rings. The fourth-order valence-electron chi connectivity index (χ4n) is 1.44. The zero-order valence-corrected chi connectivity index (χ0v) is 9.38. The summed E-state index contributed by atoms with van der Waals surface area (Å²) in [4.78, 5) is 11.5. The fraction of sp³-hybridized carbons (Fsp3) is 0.909. The van der Waals surface area contributed by atoms with Crippen LogP contribution in [0.4, 0.5) is 0 Å². The highest BCUT2D eigenvalue weighted by atomic mass is 16.5. The molecule has 0 bridgehead atoms. The number of nitrogens with one attached hydrogen (secondary N) is 1. The molecule has 0 heterocycles. The maximum absolute atomic E-state index is 11.5. The molecule has 1 rings (SSSR count). The van der Waals surface area contributed by atoms with Gasteiger partial charge in [-0.15, -0.1) is 0 Å². The minimum absolute atomic E-state index is 0.108. The van der Waals surface area contributed by atoms with Crippen LogP contribution in [-0.4, -0.2) is 25.2 Å². The molecule has 0 aliphatic heterocycles. The van der Waals surface area contributed by atoms with Crippen LogP contribution in [0, 0.1) is 11.8 Å². The number of ether oxygens (including phenoxy) is 1. The van der Waals surface area contributed by atoms with Gasteiger partial charge < -0.3 is 10.1 Å². The van der Waals surface area contributed by atoms with E-state index in [1.54, 1.807) is 0 Å². The van der Waals surface area contributed by atoms with Gasteiger partial charge in [-0.3, -0.25) is 4.79 Å². The number of esters is 1. The number of carbonyl (C=O) groups excluding carboxylic acids is 1. The highest BCUT2D eigenvalue weighted by Gasteiger charge is 2.27. The molecule has 0 saturated heterocycles. The van der Waals surface area contributed by atoms with Crippen molar-refractivity contribution in [2.75, 3.05) is 13.2 Å². The van der Waals surface area contributed by atoms with E-state index >= 15 is 0 Å². The maximum Gasteiger partial charge on any atom is 0.323 e. The number of carbonyl (C=O) groups is 1. The molecule has 1 N–H and O–H groups in total. The second-order valence-electron chi connectivity index (χ2n) is 4.33. The van der Waals surface area contributed by atoms with Crippen LogP contribution in [0.5, 0.6) is 0 Å². The van der Waals surface area contributed by atoms with Gasteiger partial charge in [-0.1, -0.05) is 13.8 Å². The van der Waals surface area contributed by atoms with Crippen LogP contribution in [-0.2, 0) is 9.53 Å². The third-order valence-electron chi connectivity index (χ3n) is 2.53. The van der Waals surface area contributed by atoms with E-state index in [1.165, 1.54) is 12.8 Å². The number of hydrogen-bond donors (Lipinski definition) is 1. The summed E-state index contributed by atoms with van der Waals surface area (Å²) < 4.78 is 5.02. The highest BCUT2D eigenvalue weighted by Crippen LogP contribution is 2.27. The van der Waals surface area contributed by atoms with Crippen molar-refractivity contribution in [1.82, 2.24) is 5.32 Å². The Morgan fingerprint density at radius 2 is 2.14 bits per heavy atom. The fourth-order valence-corrected chi connectivity index (χ4v) is 1.44. The minimum Gasteiger partial charge on any atom is -0.465 e. The summed E-state index contributed by atoms with van der Waals surface area (Å²) >= 11 is 0. The molecule has 1 unspecified atom stereocenters. The van der Waals surface area contributed by atoms with Gasteiger partial charge in [-0.05, 0) is 38.1 Å². The second kappa shape index (κ2) is 5.35. The predicted molar refractivity (Wildman–Crippen MR) is 56.0 cm³/mol. The van der Waals surface area contributed by atoms with E-state index < -0.39 is 0 Å². The molecule has 3 nitrogen and oxygen atoms in total. The first-order chi connectivity index (χ1) is 6.65. The lowest BCUT2D eigenvalue weighted by Crippen LogP contribution is -2.43. The Morgan fingerprint density at radius 3 is 2.57 bits per heavy atom. The zero-order valence-electron chi connectivity index (χ0n) is 9.38. The van der Waals surface area contributed by atoms with Gasteiger partial charge >= 0.3 is 5.97 Å². The van der Waals surface area contributed by atoms with E-state index in [-0.39, 0.29) is 12.0 Å². The summed E-state index contributed by atoms with van der Waals surface area (Å²) in [7, 11) is 0. The van der Waals surface area contributed by atoms with Gasteiger partial charge in [0.25, 0.3) is 0 Å². The number of rotatable bonds is 6. The van der Waals surface area contributed by atoms with Gasteiger partial charge in [-0.2, -0.15) is 0 Å². The molecule has 1 saturated carbocycles. The summed E-state index contributed by atoms with van der Waals surface area (Å²) in [6.45, 7) is 7.36. The lowest BCUT2D eigenvalue weighted by atomic mass is 10.0. The topological polar surface area (TPSA) is 38.3 Å². The molecule has 0 aromatic carbocycles. The molecular weight excluding hydrogens is 178 g/mol. The van der Waals surface area contributed by atoms with Gasteiger partial charge in [0.15, 0.2) is 0 Å². The zero-order chi connectivity index (χ0) is 10.6. The Morgan fingerprint density at radius 1 is 1.50 bits per heavy atom. The quantitative estimate of drug-likeness (QED) is 0.660. The molecule has 0 aromatic heterocycles. The molecule has 82 valence electrons. The molecule has 14 heavy (non-hydrogen) atoms. The van der Waals surface area contributed by atoms with Gasteiger partial charge in [0.2, 0.25) is 0 Å². The van der Waals surface area contributed by atoms with Crippen LogP contribution in [0.25, 0.3) is 0 Å². The maximum atomic E-state index is 11.5. The smallest absolute Gasteiger partial charge is 0.323 e. The Labute approximate surface area is 86.2 Å². The largest absolute Gasteiger partial charge is 0.465 e. The first kappa shape index (κ1) is 11.5. The molecule has 1 aliphatic carbocycles. The van der Waals surface area contributed by atoms with Crippen molar-refractivity contribution in [3.8, 4) is 0 Å². The molecule has 0 aromatic rings. The normalized spacial score (nSPS) is 18.3. The van der Waals surface area contributed by atoms with Crippen LogP contribution in [0.3, 0.4) is 0 Å². The highest BCUT2D eigenvalue weighted by molar-refractivity contribution is 5.76. The molecule has 0 radical (unpaired) electrons. The average Bonchev–Trinajstić information content (AvgIpc) is 2.88. The third kappa shape index (κ3) is 3.66. The van der Waals surface area contributed by atoms with E-state index in [0.717, 1.165) is 12.5 Å². The molecule has 0 amide bonds. The molecule has 3 heteroatoms. The van der Waals surface area contributed by atoms with Crippen LogP contribution in [0.2, 0.25) is 0 Å². The number of hydrogen-bond acceptors (Lipinski definition) is 3. The van der Waals surface area contributed by atoms with Crippen molar-refractivity contribution in [3.63, 3.8) is 0 Å². The summed E-state index contributed by atoms with van der Waals surface area (Å²) in [5, 5.41) is 3.29. The summed E-state index contributed by atoms with van der Waals surface area (Å²) in [5.74, 6) is 0.988. The first-order valence-electron chi connectivity index (χ1n) is 5.55. The summed E-state index contributed by atoms with van der Waals surface area (Å²) in [6.07, 6.45) is 2.61. The second-order valence-corrected chi connectivity index (χ2v) is 4.33. The van der Waals surface area contributed by atoms with Crippen LogP contribution < -0.4 is 5.32 Å². The van der Waals surface area contributed by atoms with E-state index in [0.29, 0.717) is 12.5 Å². The van der Waals surface area contributed by atoms with Crippen molar-refractivity contribution >= 4 is 5.97 Å².